The standard InChI is InChI=1S/C20H39N3O4/c21-19(25)10-3-1-5-12-22(13-6-2-4-11-20(26)27)14-15-23(16-17-24)18-8-7-9-18/h18,24H,1-17H2,(H2,21,25)(H,26,27). The second kappa shape index (κ2) is 14.8. The number of hydrogen-bond acceptors (Lipinski definition) is 5. The molecule has 1 aliphatic carbocycles. The molecule has 7 nitrogen and oxygen atoms in total. The fraction of sp³-hybridized carbons (Fsp3) is 0.900. The number of carbonyl (C=O) groups is 2. The van der Waals surface area contributed by atoms with E-state index in [1.807, 2.05) is 0 Å². The molecule has 1 amide bonds. The summed E-state index contributed by atoms with van der Waals surface area (Å²) in [4.78, 5) is 26.3. The van der Waals surface area contributed by atoms with Gasteiger partial charge in [-0.05, 0) is 51.6 Å². The zero-order chi connectivity index (χ0) is 19.9. The lowest BCUT2D eigenvalue weighted by molar-refractivity contribution is -0.137. The van der Waals surface area contributed by atoms with Crippen LogP contribution in [-0.4, -0.2) is 77.3 Å². The third-order valence-electron chi connectivity index (χ3n) is 5.44. The number of unbranched alkanes of at least 4 members (excludes halogenated alkanes) is 4. The molecule has 4 N–H and O–H groups in total. The van der Waals surface area contributed by atoms with Gasteiger partial charge in [0, 0.05) is 38.5 Å². The lowest BCUT2D eigenvalue weighted by Crippen LogP contribution is -2.45. The van der Waals surface area contributed by atoms with Crippen LogP contribution in [0.25, 0.3) is 0 Å². The molecule has 1 aliphatic rings. The molecule has 0 bridgehead atoms. The minimum Gasteiger partial charge on any atom is -0.481 e. The van der Waals surface area contributed by atoms with E-state index in [4.69, 9.17) is 10.8 Å². The van der Waals surface area contributed by atoms with E-state index in [0.717, 1.165) is 71.2 Å². The normalized spacial score (nSPS) is 14.6. The molecule has 0 atom stereocenters. The summed E-state index contributed by atoms with van der Waals surface area (Å²) in [6.45, 7) is 4.88. The van der Waals surface area contributed by atoms with Crippen molar-refractivity contribution in [3.8, 4) is 0 Å². The number of carbonyl (C=O) groups excluding carboxylic acids is 1. The number of carboxylic acid groups (broad SMARTS) is 1. The van der Waals surface area contributed by atoms with Crippen LogP contribution in [0.1, 0.15) is 70.6 Å². The SMILES string of the molecule is NC(=O)CCCCCN(CCCCCC(=O)O)CCN(CCO)C1CCC1. The summed E-state index contributed by atoms with van der Waals surface area (Å²) in [5.74, 6) is -0.952. The average molecular weight is 386 g/mol. The fourth-order valence-electron chi connectivity index (χ4n) is 3.56. The summed E-state index contributed by atoms with van der Waals surface area (Å²) < 4.78 is 0. The van der Waals surface area contributed by atoms with Crippen LogP contribution in [0.4, 0.5) is 0 Å². The number of aliphatic hydroxyl groups is 1. The molecule has 1 saturated carbocycles. The number of nitrogens with two attached hydrogens (primary N) is 1. The Morgan fingerprint density at radius 2 is 1.48 bits per heavy atom. The van der Waals surface area contributed by atoms with Crippen molar-refractivity contribution < 1.29 is 19.8 Å². The second-order valence-corrected chi connectivity index (χ2v) is 7.67. The first kappa shape index (κ1) is 23.9. The molecule has 0 aromatic heterocycles. The maximum absolute atomic E-state index is 10.8. The number of carboxylic acids is 1. The van der Waals surface area contributed by atoms with Crippen LogP contribution in [0.15, 0.2) is 0 Å². The van der Waals surface area contributed by atoms with Gasteiger partial charge in [0.25, 0.3) is 0 Å². The van der Waals surface area contributed by atoms with Crippen molar-refractivity contribution in [2.24, 2.45) is 5.73 Å². The zero-order valence-electron chi connectivity index (χ0n) is 16.8. The highest BCUT2D eigenvalue weighted by atomic mass is 16.4. The van der Waals surface area contributed by atoms with Gasteiger partial charge in [-0.1, -0.05) is 19.3 Å². The number of aliphatic carboxylic acids is 1. The monoisotopic (exact) mass is 385 g/mol. The molecule has 1 rings (SSSR count). The molecule has 0 spiro atoms. The van der Waals surface area contributed by atoms with E-state index in [-0.39, 0.29) is 18.9 Å². The summed E-state index contributed by atoms with van der Waals surface area (Å²) in [6.07, 6.45) is 10.1. The van der Waals surface area contributed by atoms with E-state index in [1.54, 1.807) is 0 Å². The van der Waals surface area contributed by atoms with Gasteiger partial charge in [0.2, 0.25) is 5.91 Å². The molecule has 7 heteroatoms. The van der Waals surface area contributed by atoms with E-state index < -0.39 is 5.97 Å². The Labute approximate surface area is 163 Å². The number of aliphatic hydroxyl groups excluding tert-OH is 1. The number of rotatable bonds is 18. The summed E-state index contributed by atoms with van der Waals surface area (Å²) in [5, 5.41) is 18.1. The minimum atomic E-state index is -0.721. The molecule has 0 aromatic rings. The number of hydrogen-bond donors (Lipinski definition) is 3. The Balaban J connectivity index is 2.32. The Bertz CT molecular complexity index is 392. The zero-order valence-corrected chi connectivity index (χ0v) is 16.8. The van der Waals surface area contributed by atoms with Gasteiger partial charge in [-0.3, -0.25) is 14.5 Å². The van der Waals surface area contributed by atoms with E-state index in [9.17, 15) is 14.7 Å². The van der Waals surface area contributed by atoms with Gasteiger partial charge in [0.1, 0.15) is 0 Å². The molecule has 27 heavy (non-hydrogen) atoms. The third-order valence-corrected chi connectivity index (χ3v) is 5.44. The summed E-state index contributed by atoms with van der Waals surface area (Å²) in [7, 11) is 0. The number of amides is 1. The predicted octanol–water partition coefficient (Wildman–Crippen LogP) is 1.83. The van der Waals surface area contributed by atoms with Crippen molar-refractivity contribution in [1.29, 1.82) is 0 Å². The summed E-state index contributed by atoms with van der Waals surface area (Å²) in [6, 6.07) is 0.630. The Hall–Kier alpha value is -1.18. The Morgan fingerprint density at radius 3 is 1.96 bits per heavy atom. The number of primary amides is 1. The van der Waals surface area contributed by atoms with Gasteiger partial charge in [-0.15, -0.1) is 0 Å². The van der Waals surface area contributed by atoms with Crippen molar-refractivity contribution >= 4 is 11.9 Å². The van der Waals surface area contributed by atoms with Crippen molar-refractivity contribution in [3.63, 3.8) is 0 Å². The van der Waals surface area contributed by atoms with Gasteiger partial charge in [0.05, 0.1) is 6.61 Å². The summed E-state index contributed by atoms with van der Waals surface area (Å²) >= 11 is 0. The highest BCUT2D eigenvalue weighted by Crippen LogP contribution is 2.24. The smallest absolute Gasteiger partial charge is 0.303 e. The Kier molecular flexibility index (Phi) is 13.1. The molecular formula is C20H39N3O4. The quantitative estimate of drug-likeness (QED) is 0.311. The number of nitrogens with zero attached hydrogens (tertiary/aromatic N) is 2. The van der Waals surface area contributed by atoms with Crippen LogP contribution in [0.5, 0.6) is 0 Å². The van der Waals surface area contributed by atoms with Gasteiger partial charge in [-0.2, -0.15) is 0 Å². The van der Waals surface area contributed by atoms with Gasteiger partial charge in [-0.25, -0.2) is 0 Å². The molecule has 0 radical (unpaired) electrons. The van der Waals surface area contributed by atoms with Crippen molar-refractivity contribution in [1.82, 2.24) is 9.80 Å². The Morgan fingerprint density at radius 1 is 0.852 bits per heavy atom. The first-order chi connectivity index (χ1) is 13.0. The van der Waals surface area contributed by atoms with Crippen LogP contribution >= 0.6 is 0 Å². The van der Waals surface area contributed by atoms with Crippen LogP contribution in [0, 0.1) is 0 Å². The first-order valence-electron chi connectivity index (χ1n) is 10.6. The molecule has 1 fully saturated rings. The van der Waals surface area contributed by atoms with Crippen LogP contribution in [0.2, 0.25) is 0 Å². The first-order valence-corrected chi connectivity index (χ1v) is 10.6. The molecule has 0 saturated heterocycles. The van der Waals surface area contributed by atoms with Crippen molar-refractivity contribution in [3.05, 3.63) is 0 Å². The van der Waals surface area contributed by atoms with Crippen molar-refractivity contribution in [2.45, 2.75) is 76.7 Å². The predicted molar refractivity (Wildman–Crippen MR) is 107 cm³/mol. The second-order valence-electron chi connectivity index (χ2n) is 7.67. The topological polar surface area (TPSA) is 107 Å². The molecule has 0 heterocycles. The third kappa shape index (κ3) is 12.0. The van der Waals surface area contributed by atoms with Gasteiger partial charge in [0.15, 0.2) is 0 Å². The summed E-state index contributed by atoms with van der Waals surface area (Å²) in [5.41, 5.74) is 5.19. The average Bonchev–Trinajstić information content (AvgIpc) is 2.56. The van der Waals surface area contributed by atoms with Gasteiger partial charge >= 0.3 is 5.97 Å². The maximum atomic E-state index is 10.8. The molecule has 158 valence electrons. The minimum absolute atomic E-state index is 0.207. The van der Waals surface area contributed by atoms with Gasteiger partial charge < -0.3 is 20.8 Å². The van der Waals surface area contributed by atoms with Crippen LogP contribution in [-0.2, 0) is 9.59 Å². The van der Waals surface area contributed by atoms with Crippen LogP contribution < -0.4 is 5.73 Å². The lowest BCUT2D eigenvalue weighted by Gasteiger charge is -2.38. The van der Waals surface area contributed by atoms with E-state index in [2.05, 4.69) is 9.80 Å². The highest BCUT2D eigenvalue weighted by Gasteiger charge is 2.24. The molecule has 0 aliphatic heterocycles. The maximum Gasteiger partial charge on any atom is 0.303 e. The largest absolute Gasteiger partial charge is 0.481 e. The lowest BCUT2D eigenvalue weighted by atomic mass is 9.91. The molecule has 0 unspecified atom stereocenters. The van der Waals surface area contributed by atoms with E-state index in [0.29, 0.717) is 12.5 Å². The fourth-order valence-corrected chi connectivity index (χ4v) is 3.56. The van der Waals surface area contributed by atoms with Crippen LogP contribution in [0.3, 0.4) is 0 Å². The van der Waals surface area contributed by atoms with Crippen molar-refractivity contribution in [2.75, 3.05) is 39.3 Å². The van der Waals surface area contributed by atoms with E-state index in [1.165, 1.54) is 19.3 Å². The van der Waals surface area contributed by atoms with E-state index >= 15 is 0 Å². The molecular weight excluding hydrogens is 346 g/mol. The highest BCUT2D eigenvalue weighted by molar-refractivity contribution is 5.73. The molecule has 0 aromatic carbocycles.